The summed E-state index contributed by atoms with van der Waals surface area (Å²) in [7, 11) is 0. The lowest BCUT2D eigenvalue weighted by atomic mass is 10.1. The molecule has 1 rings (SSSR count). The number of piperidine rings is 1. The molecule has 0 bridgehead atoms. The van der Waals surface area contributed by atoms with Crippen LogP contribution < -0.4 is 0 Å². The molecule has 11 heavy (non-hydrogen) atoms. The van der Waals surface area contributed by atoms with Crippen LogP contribution in [0.5, 0.6) is 0 Å². The number of carbonyl (C=O) groups excluding carboxylic acids is 2. The molecule has 62 valence electrons. The number of Topliss-reactive ketones (excluding diaryl/α,β-unsaturated/α-hetero) is 1. The van der Waals surface area contributed by atoms with Crippen LogP contribution in [0.15, 0.2) is 0 Å². The number of hydrogen-bond donors (Lipinski definition) is 0. The quantitative estimate of drug-likeness (QED) is 0.547. The standard InChI is InChI=1S/C8H13NO2/c1-2-4-9-5-3-7(10)6-8(9)11/h2-6H2,1H3. The molecule has 0 aliphatic carbocycles. The molecule has 1 amide bonds. The zero-order chi connectivity index (χ0) is 8.27. The van der Waals surface area contributed by atoms with Gasteiger partial charge in [0.1, 0.15) is 5.78 Å². The third kappa shape index (κ3) is 2.03. The summed E-state index contributed by atoms with van der Waals surface area (Å²) in [5.41, 5.74) is 0. The van der Waals surface area contributed by atoms with E-state index in [1.807, 2.05) is 6.92 Å². The maximum absolute atomic E-state index is 11.1. The van der Waals surface area contributed by atoms with Crippen LogP contribution in [0, 0.1) is 0 Å². The van der Waals surface area contributed by atoms with Gasteiger partial charge in [-0.05, 0) is 6.42 Å². The van der Waals surface area contributed by atoms with Crippen molar-refractivity contribution < 1.29 is 9.59 Å². The van der Waals surface area contributed by atoms with Gasteiger partial charge < -0.3 is 4.90 Å². The van der Waals surface area contributed by atoms with Gasteiger partial charge in [-0.1, -0.05) is 6.92 Å². The van der Waals surface area contributed by atoms with Gasteiger partial charge in [0.05, 0.1) is 6.42 Å². The fourth-order valence-electron chi connectivity index (χ4n) is 1.26. The molecule has 3 nitrogen and oxygen atoms in total. The molecule has 0 unspecified atom stereocenters. The largest absolute Gasteiger partial charge is 0.342 e. The van der Waals surface area contributed by atoms with E-state index in [9.17, 15) is 9.59 Å². The summed E-state index contributed by atoms with van der Waals surface area (Å²) in [5, 5.41) is 0. The molecule has 1 fully saturated rings. The Morgan fingerprint density at radius 1 is 1.45 bits per heavy atom. The van der Waals surface area contributed by atoms with E-state index >= 15 is 0 Å². The molecular formula is C8H13NO2. The zero-order valence-corrected chi connectivity index (χ0v) is 6.80. The summed E-state index contributed by atoms with van der Waals surface area (Å²) in [6.07, 6.45) is 1.64. The first-order valence-corrected chi connectivity index (χ1v) is 4.03. The maximum Gasteiger partial charge on any atom is 0.230 e. The van der Waals surface area contributed by atoms with E-state index in [0.717, 1.165) is 13.0 Å². The number of hydrogen-bond acceptors (Lipinski definition) is 2. The van der Waals surface area contributed by atoms with Crippen molar-refractivity contribution in [3.8, 4) is 0 Å². The van der Waals surface area contributed by atoms with Gasteiger partial charge in [-0.3, -0.25) is 9.59 Å². The Labute approximate surface area is 66.4 Å². The summed E-state index contributed by atoms with van der Waals surface area (Å²) in [5.74, 6) is 0.0884. The molecule has 1 aliphatic heterocycles. The molecule has 0 radical (unpaired) electrons. The second-order valence-corrected chi connectivity index (χ2v) is 2.85. The van der Waals surface area contributed by atoms with Gasteiger partial charge in [0.15, 0.2) is 0 Å². The molecule has 1 saturated heterocycles. The minimum Gasteiger partial charge on any atom is -0.342 e. The fourth-order valence-corrected chi connectivity index (χ4v) is 1.26. The predicted molar refractivity (Wildman–Crippen MR) is 41.1 cm³/mol. The van der Waals surface area contributed by atoms with Crippen LogP contribution in [0.3, 0.4) is 0 Å². The first-order valence-electron chi connectivity index (χ1n) is 4.03. The number of carbonyl (C=O) groups is 2. The van der Waals surface area contributed by atoms with Crippen molar-refractivity contribution in [3.05, 3.63) is 0 Å². The summed E-state index contributed by atoms with van der Waals surface area (Å²) in [6.45, 7) is 3.46. The van der Waals surface area contributed by atoms with E-state index in [-0.39, 0.29) is 18.1 Å². The van der Waals surface area contributed by atoms with Crippen molar-refractivity contribution >= 4 is 11.7 Å². The number of ketones is 1. The molecule has 0 aromatic rings. The second kappa shape index (κ2) is 3.51. The van der Waals surface area contributed by atoms with Crippen LogP contribution in [-0.2, 0) is 9.59 Å². The maximum atomic E-state index is 11.1. The van der Waals surface area contributed by atoms with E-state index in [4.69, 9.17) is 0 Å². The number of nitrogens with zero attached hydrogens (tertiary/aromatic N) is 1. The van der Waals surface area contributed by atoms with Crippen molar-refractivity contribution in [3.63, 3.8) is 0 Å². The van der Waals surface area contributed by atoms with E-state index in [0.29, 0.717) is 13.0 Å². The van der Waals surface area contributed by atoms with Crippen LogP contribution in [0.4, 0.5) is 0 Å². The van der Waals surface area contributed by atoms with Gasteiger partial charge in [0, 0.05) is 19.5 Å². The topological polar surface area (TPSA) is 37.4 Å². The monoisotopic (exact) mass is 155 g/mol. The highest BCUT2D eigenvalue weighted by Crippen LogP contribution is 2.07. The van der Waals surface area contributed by atoms with Gasteiger partial charge in [0.2, 0.25) is 5.91 Å². The molecule has 0 saturated carbocycles. The van der Waals surface area contributed by atoms with Crippen molar-refractivity contribution in [1.29, 1.82) is 0 Å². The minimum absolute atomic E-state index is 0.00287. The molecule has 3 heteroatoms. The molecule has 0 spiro atoms. The molecular weight excluding hydrogens is 142 g/mol. The third-order valence-corrected chi connectivity index (χ3v) is 1.86. The van der Waals surface area contributed by atoms with Crippen LogP contribution in [0.2, 0.25) is 0 Å². The highest BCUT2D eigenvalue weighted by molar-refractivity contribution is 6.00. The Kier molecular flexibility index (Phi) is 2.63. The van der Waals surface area contributed by atoms with E-state index in [1.54, 1.807) is 4.90 Å². The normalized spacial score (nSPS) is 19.2. The van der Waals surface area contributed by atoms with Crippen molar-refractivity contribution in [2.45, 2.75) is 26.2 Å². The first-order chi connectivity index (χ1) is 5.24. The molecule has 1 aliphatic rings. The average molecular weight is 155 g/mol. The lowest BCUT2D eigenvalue weighted by Gasteiger charge is -2.25. The predicted octanol–water partition coefficient (Wildman–Crippen LogP) is 0.588. The minimum atomic E-state index is 0.00287. The summed E-state index contributed by atoms with van der Waals surface area (Å²) >= 11 is 0. The average Bonchev–Trinajstić information content (AvgIpc) is 1.95. The Balaban J connectivity index is 2.44. The van der Waals surface area contributed by atoms with Gasteiger partial charge in [-0.15, -0.1) is 0 Å². The van der Waals surface area contributed by atoms with Crippen molar-refractivity contribution in [2.75, 3.05) is 13.1 Å². The van der Waals surface area contributed by atoms with Crippen molar-refractivity contribution in [1.82, 2.24) is 4.90 Å². The highest BCUT2D eigenvalue weighted by Gasteiger charge is 2.22. The van der Waals surface area contributed by atoms with Gasteiger partial charge in [-0.25, -0.2) is 0 Å². The number of rotatable bonds is 2. The smallest absolute Gasteiger partial charge is 0.230 e. The molecule has 0 N–H and O–H groups in total. The third-order valence-electron chi connectivity index (χ3n) is 1.86. The van der Waals surface area contributed by atoms with Gasteiger partial charge in [-0.2, -0.15) is 0 Å². The fraction of sp³-hybridized carbons (Fsp3) is 0.750. The number of likely N-dealkylation sites (tertiary alicyclic amines) is 1. The van der Waals surface area contributed by atoms with E-state index in [2.05, 4.69) is 0 Å². The SMILES string of the molecule is CCCN1CCC(=O)CC1=O. The van der Waals surface area contributed by atoms with Crippen LogP contribution in [0.25, 0.3) is 0 Å². The Bertz CT molecular complexity index is 177. The summed E-state index contributed by atoms with van der Waals surface area (Å²) in [6, 6.07) is 0. The Morgan fingerprint density at radius 3 is 2.73 bits per heavy atom. The van der Waals surface area contributed by atoms with E-state index < -0.39 is 0 Å². The lowest BCUT2D eigenvalue weighted by Crippen LogP contribution is -2.39. The van der Waals surface area contributed by atoms with E-state index in [1.165, 1.54) is 0 Å². The van der Waals surface area contributed by atoms with Crippen LogP contribution >= 0.6 is 0 Å². The lowest BCUT2D eigenvalue weighted by molar-refractivity contribution is -0.139. The highest BCUT2D eigenvalue weighted by atomic mass is 16.2. The summed E-state index contributed by atoms with van der Waals surface area (Å²) in [4.78, 5) is 23.6. The molecule has 1 heterocycles. The van der Waals surface area contributed by atoms with Crippen LogP contribution in [0.1, 0.15) is 26.2 Å². The molecule has 0 atom stereocenters. The van der Waals surface area contributed by atoms with Gasteiger partial charge >= 0.3 is 0 Å². The first kappa shape index (κ1) is 8.24. The Morgan fingerprint density at radius 2 is 2.18 bits per heavy atom. The Hall–Kier alpha value is -0.860. The van der Waals surface area contributed by atoms with Crippen molar-refractivity contribution in [2.24, 2.45) is 0 Å². The van der Waals surface area contributed by atoms with Crippen LogP contribution in [-0.4, -0.2) is 29.7 Å². The molecule has 0 aromatic carbocycles. The van der Waals surface area contributed by atoms with Gasteiger partial charge in [0.25, 0.3) is 0 Å². The summed E-state index contributed by atoms with van der Waals surface area (Å²) < 4.78 is 0. The second-order valence-electron chi connectivity index (χ2n) is 2.85. The molecule has 0 aromatic heterocycles. The number of amides is 1. The zero-order valence-electron chi connectivity index (χ0n) is 6.80.